The van der Waals surface area contributed by atoms with Crippen molar-refractivity contribution in [2.45, 2.75) is 38.3 Å². The summed E-state index contributed by atoms with van der Waals surface area (Å²) in [6.07, 6.45) is 7.40. The van der Waals surface area contributed by atoms with Gasteiger partial charge in [0.15, 0.2) is 0 Å². The molecule has 100 valence electrons. The summed E-state index contributed by atoms with van der Waals surface area (Å²) in [5.74, 6) is 0. The van der Waals surface area contributed by atoms with Crippen LogP contribution in [0.4, 0.5) is 0 Å². The Hall–Kier alpha value is -1.68. The van der Waals surface area contributed by atoms with Gasteiger partial charge in [-0.25, -0.2) is 0 Å². The maximum absolute atomic E-state index is 4.42. The molecule has 2 aromatic heterocycles. The van der Waals surface area contributed by atoms with Crippen molar-refractivity contribution in [2.24, 2.45) is 7.05 Å². The number of hydrogen-bond acceptors (Lipinski definition) is 3. The molecule has 1 aliphatic rings. The number of rotatable bonds is 3. The lowest BCUT2D eigenvalue weighted by Gasteiger charge is -2.27. The molecule has 4 nitrogen and oxygen atoms in total. The summed E-state index contributed by atoms with van der Waals surface area (Å²) in [6, 6.07) is 6.73. The topological polar surface area (TPSA) is 42.7 Å². The van der Waals surface area contributed by atoms with Crippen LogP contribution in [0.2, 0.25) is 0 Å². The van der Waals surface area contributed by atoms with Crippen molar-refractivity contribution in [3.8, 4) is 0 Å². The van der Waals surface area contributed by atoms with E-state index in [2.05, 4.69) is 28.4 Å². The van der Waals surface area contributed by atoms with Crippen molar-refractivity contribution in [1.82, 2.24) is 20.1 Å². The Morgan fingerprint density at radius 1 is 1.42 bits per heavy atom. The quantitative estimate of drug-likeness (QED) is 0.917. The molecule has 2 aromatic rings. The standard InChI is InChI=1S/C15H20N4/c1-11(13-6-3-4-9-16-13)18-14-7-5-8-15-12(14)10-17-19(15)2/h3-4,6,9-11,14,18H,5,7-8H2,1-2H3/t11-,14?/m0/s1. The van der Waals surface area contributed by atoms with Crippen LogP contribution in [0.1, 0.15) is 48.8 Å². The van der Waals surface area contributed by atoms with Crippen LogP contribution in [0.3, 0.4) is 0 Å². The third kappa shape index (κ3) is 2.40. The van der Waals surface area contributed by atoms with Crippen LogP contribution in [0, 0.1) is 0 Å². The van der Waals surface area contributed by atoms with Gasteiger partial charge in [0.05, 0.1) is 11.9 Å². The minimum absolute atomic E-state index is 0.261. The average molecular weight is 256 g/mol. The summed E-state index contributed by atoms with van der Waals surface area (Å²) in [5.41, 5.74) is 3.83. The van der Waals surface area contributed by atoms with Crippen LogP contribution in [-0.4, -0.2) is 14.8 Å². The van der Waals surface area contributed by atoms with E-state index in [-0.39, 0.29) is 6.04 Å². The van der Waals surface area contributed by atoms with E-state index < -0.39 is 0 Å². The normalized spacial score (nSPS) is 20.0. The van der Waals surface area contributed by atoms with Crippen molar-refractivity contribution in [3.63, 3.8) is 0 Å². The molecular weight excluding hydrogens is 236 g/mol. The summed E-state index contributed by atoms with van der Waals surface area (Å²) >= 11 is 0. The van der Waals surface area contributed by atoms with Gasteiger partial charge in [0.2, 0.25) is 0 Å². The Labute approximate surface area is 113 Å². The van der Waals surface area contributed by atoms with Gasteiger partial charge in [-0.3, -0.25) is 9.67 Å². The third-order valence-electron chi connectivity index (χ3n) is 3.96. The molecule has 1 aliphatic carbocycles. The molecule has 0 fully saturated rings. The van der Waals surface area contributed by atoms with E-state index in [9.17, 15) is 0 Å². The molecule has 19 heavy (non-hydrogen) atoms. The molecule has 3 rings (SSSR count). The summed E-state index contributed by atoms with van der Waals surface area (Å²) in [4.78, 5) is 4.42. The number of hydrogen-bond donors (Lipinski definition) is 1. The molecule has 0 saturated heterocycles. The van der Waals surface area contributed by atoms with E-state index in [1.165, 1.54) is 24.1 Å². The summed E-state index contributed by atoms with van der Waals surface area (Å²) in [7, 11) is 2.03. The summed E-state index contributed by atoms with van der Waals surface area (Å²) < 4.78 is 2.01. The molecule has 0 bridgehead atoms. The second-order valence-corrected chi connectivity index (χ2v) is 5.26. The molecule has 0 aliphatic heterocycles. The van der Waals surface area contributed by atoms with Crippen molar-refractivity contribution in [2.75, 3.05) is 0 Å². The molecule has 0 amide bonds. The van der Waals surface area contributed by atoms with Crippen LogP contribution in [0.25, 0.3) is 0 Å². The van der Waals surface area contributed by atoms with Crippen molar-refractivity contribution in [3.05, 3.63) is 47.5 Å². The largest absolute Gasteiger partial charge is 0.302 e. The zero-order valence-electron chi connectivity index (χ0n) is 11.5. The summed E-state index contributed by atoms with van der Waals surface area (Å²) in [6.45, 7) is 2.17. The third-order valence-corrected chi connectivity index (χ3v) is 3.96. The van der Waals surface area contributed by atoms with Gasteiger partial charge in [-0.1, -0.05) is 6.07 Å². The Kier molecular flexibility index (Phi) is 3.34. The maximum Gasteiger partial charge on any atom is 0.0570 e. The first-order valence-corrected chi connectivity index (χ1v) is 6.93. The second-order valence-electron chi connectivity index (χ2n) is 5.26. The van der Waals surface area contributed by atoms with Crippen molar-refractivity contribution >= 4 is 0 Å². The first-order valence-electron chi connectivity index (χ1n) is 6.93. The van der Waals surface area contributed by atoms with Crippen LogP contribution in [-0.2, 0) is 13.5 Å². The van der Waals surface area contributed by atoms with Gasteiger partial charge in [-0.05, 0) is 38.3 Å². The highest BCUT2D eigenvalue weighted by Crippen LogP contribution is 2.30. The number of aromatic nitrogens is 3. The van der Waals surface area contributed by atoms with E-state index in [4.69, 9.17) is 0 Å². The Bertz CT molecular complexity index is 547. The van der Waals surface area contributed by atoms with Crippen LogP contribution < -0.4 is 5.32 Å². The first kappa shape index (κ1) is 12.4. The van der Waals surface area contributed by atoms with Crippen LogP contribution in [0.5, 0.6) is 0 Å². The molecular formula is C15H20N4. The van der Waals surface area contributed by atoms with Gasteiger partial charge in [-0.2, -0.15) is 5.10 Å². The molecule has 0 saturated carbocycles. The Balaban J connectivity index is 1.78. The number of pyridine rings is 1. The molecule has 0 radical (unpaired) electrons. The van der Waals surface area contributed by atoms with Crippen LogP contribution in [0.15, 0.2) is 30.6 Å². The fraction of sp³-hybridized carbons (Fsp3) is 0.467. The summed E-state index contributed by atoms with van der Waals surface area (Å²) in [5, 5.41) is 8.08. The average Bonchev–Trinajstić information content (AvgIpc) is 2.83. The van der Waals surface area contributed by atoms with E-state index in [1.807, 2.05) is 36.3 Å². The SMILES string of the molecule is C[C@H](NC1CCCc2c1cnn2C)c1ccccn1. The molecule has 0 spiro atoms. The zero-order chi connectivity index (χ0) is 13.2. The maximum atomic E-state index is 4.42. The first-order chi connectivity index (χ1) is 9.25. The van der Waals surface area contributed by atoms with Crippen molar-refractivity contribution in [1.29, 1.82) is 0 Å². The van der Waals surface area contributed by atoms with Gasteiger partial charge in [0, 0.05) is 36.6 Å². The molecule has 1 unspecified atom stereocenters. The Morgan fingerprint density at radius 3 is 3.11 bits per heavy atom. The van der Waals surface area contributed by atoms with E-state index >= 15 is 0 Å². The number of fused-ring (bicyclic) bond motifs is 1. The van der Waals surface area contributed by atoms with Gasteiger partial charge >= 0.3 is 0 Å². The second kappa shape index (κ2) is 5.13. The van der Waals surface area contributed by atoms with Gasteiger partial charge in [0.25, 0.3) is 0 Å². The fourth-order valence-electron chi connectivity index (χ4n) is 2.90. The minimum atomic E-state index is 0.261. The van der Waals surface area contributed by atoms with Crippen molar-refractivity contribution < 1.29 is 0 Å². The lowest BCUT2D eigenvalue weighted by Crippen LogP contribution is -2.28. The monoisotopic (exact) mass is 256 g/mol. The smallest absolute Gasteiger partial charge is 0.0570 e. The Morgan fingerprint density at radius 2 is 2.32 bits per heavy atom. The number of nitrogens with zero attached hydrogens (tertiary/aromatic N) is 3. The number of aryl methyl sites for hydroxylation is 1. The predicted molar refractivity (Wildman–Crippen MR) is 74.7 cm³/mol. The predicted octanol–water partition coefficient (Wildman–Crippen LogP) is 2.54. The van der Waals surface area contributed by atoms with E-state index in [1.54, 1.807) is 0 Å². The van der Waals surface area contributed by atoms with Gasteiger partial charge < -0.3 is 5.32 Å². The zero-order valence-corrected chi connectivity index (χ0v) is 11.5. The van der Waals surface area contributed by atoms with Crippen LogP contribution >= 0.6 is 0 Å². The van der Waals surface area contributed by atoms with Gasteiger partial charge in [-0.15, -0.1) is 0 Å². The molecule has 0 aromatic carbocycles. The molecule has 4 heteroatoms. The lowest BCUT2D eigenvalue weighted by molar-refractivity contribution is 0.407. The molecule has 2 atom stereocenters. The highest BCUT2D eigenvalue weighted by Gasteiger charge is 2.24. The van der Waals surface area contributed by atoms with E-state index in [0.717, 1.165) is 12.1 Å². The minimum Gasteiger partial charge on any atom is -0.302 e. The highest BCUT2D eigenvalue weighted by molar-refractivity contribution is 5.25. The lowest BCUT2D eigenvalue weighted by atomic mass is 9.92. The molecule has 1 N–H and O–H groups in total. The molecule has 2 heterocycles. The highest BCUT2D eigenvalue weighted by atomic mass is 15.3. The van der Waals surface area contributed by atoms with E-state index in [0.29, 0.717) is 6.04 Å². The fourth-order valence-corrected chi connectivity index (χ4v) is 2.90. The van der Waals surface area contributed by atoms with Gasteiger partial charge in [0.1, 0.15) is 0 Å². The number of nitrogens with one attached hydrogen (secondary N) is 1.